The van der Waals surface area contributed by atoms with Gasteiger partial charge in [0.1, 0.15) is 0 Å². The van der Waals surface area contributed by atoms with Crippen LogP contribution in [0.2, 0.25) is 0 Å². The second-order valence-electron chi connectivity index (χ2n) is 4.80. The second-order valence-corrected chi connectivity index (χ2v) is 5.75. The van der Waals surface area contributed by atoms with Crippen molar-refractivity contribution in [1.82, 2.24) is 10.6 Å². The molecule has 2 rings (SSSR count). The van der Waals surface area contributed by atoms with E-state index in [2.05, 4.69) is 10.6 Å². The number of nitrogens with two attached hydrogens (primary N) is 1. The van der Waals surface area contributed by atoms with Crippen LogP contribution in [-0.2, 0) is 4.79 Å². The maximum Gasteiger partial charge on any atom is 0.261 e. The van der Waals surface area contributed by atoms with Crippen LogP contribution in [0, 0.1) is 0 Å². The van der Waals surface area contributed by atoms with Gasteiger partial charge in [-0.3, -0.25) is 9.59 Å². The highest BCUT2D eigenvalue weighted by atomic mass is 32.1. The minimum Gasteiger partial charge on any atom is -0.354 e. The van der Waals surface area contributed by atoms with Crippen LogP contribution in [0.15, 0.2) is 47.8 Å². The lowest BCUT2D eigenvalue weighted by Crippen LogP contribution is -2.34. The molecule has 0 radical (unpaired) electrons. The first-order valence-corrected chi connectivity index (χ1v) is 7.93. The number of benzene rings is 1. The average Bonchev–Trinajstić information content (AvgIpc) is 3.08. The minimum absolute atomic E-state index is 0.127. The third-order valence-electron chi connectivity index (χ3n) is 3.13. The molecule has 0 saturated heterocycles. The van der Waals surface area contributed by atoms with E-state index in [-0.39, 0.29) is 24.3 Å². The average molecular weight is 317 g/mol. The number of hydrogen-bond donors (Lipinski definition) is 3. The normalized spacial score (nSPS) is 11.7. The standard InChI is InChI=1S/C16H19N3O2S/c17-13(12-5-2-1-3-6-12)11-19-15(20)8-9-18-16(21)14-7-4-10-22-14/h1-7,10,13H,8-9,11,17H2,(H,18,21)(H,19,20). The second kappa shape index (κ2) is 8.31. The van der Waals surface area contributed by atoms with Crippen molar-refractivity contribution in [2.45, 2.75) is 12.5 Å². The monoisotopic (exact) mass is 317 g/mol. The zero-order valence-electron chi connectivity index (χ0n) is 12.1. The van der Waals surface area contributed by atoms with E-state index in [1.54, 1.807) is 6.07 Å². The van der Waals surface area contributed by atoms with Gasteiger partial charge in [-0.25, -0.2) is 0 Å². The van der Waals surface area contributed by atoms with E-state index in [4.69, 9.17) is 5.73 Å². The molecule has 1 aromatic heterocycles. The van der Waals surface area contributed by atoms with Gasteiger partial charge in [0.15, 0.2) is 0 Å². The lowest BCUT2D eigenvalue weighted by molar-refractivity contribution is -0.121. The third kappa shape index (κ3) is 4.98. The van der Waals surface area contributed by atoms with Crippen LogP contribution >= 0.6 is 11.3 Å². The molecule has 5 nitrogen and oxygen atoms in total. The Morgan fingerprint density at radius 1 is 1.09 bits per heavy atom. The largest absolute Gasteiger partial charge is 0.354 e. The first kappa shape index (κ1) is 16.2. The maximum atomic E-state index is 11.7. The lowest BCUT2D eigenvalue weighted by atomic mass is 10.1. The molecular weight excluding hydrogens is 298 g/mol. The topological polar surface area (TPSA) is 84.2 Å². The molecule has 1 atom stereocenters. The maximum absolute atomic E-state index is 11.7. The molecule has 0 spiro atoms. The number of nitrogens with one attached hydrogen (secondary N) is 2. The van der Waals surface area contributed by atoms with Gasteiger partial charge in [-0.05, 0) is 17.0 Å². The number of hydrogen-bond acceptors (Lipinski definition) is 4. The van der Waals surface area contributed by atoms with Crippen LogP contribution in [0.25, 0.3) is 0 Å². The molecule has 0 bridgehead atoms. The quantitative estimate of drug-likeness (QED) is 0.726. The molecule has 6 heteroatoms. The summed E-state index contributed by atoms with van der Waals surface area (Å²) in [5.74, 6) is -0.276. The molecule has 22 heavy (non-hydrogen) atoms. The van der Waals surface area contributed by atoms with E-state index in [9.17, 15) is 9.59 Å². The van der Waals surface area contributed by atoms with E-state index in [0.29, 0.717) is 18.0 Å². The summed E-state index contributed by atoms with van der Waals surface area (Å²) in [5, 5.41) is 7.33. The Morgan fingerprint density at radius 3 is 2.55 bits per heavy atom. The summed E-state index contributed by atoms with van der Waals surface area (Å²) < 4.78 is 0. The van der Waals surface area contributed by atoms with Crippen LogP contribution in [0.1, 0.15) is 27.7 Å². The molecule has 2 aromatic rings. The predicted octanol–water partition coefficient (Wildman–Crippen LogP) is 1.68. The Morgan fingerprint density at radius 2 is 1.86 bits per heavy atom. The van der Waals surface area contributed by atoms with Gasteiger partial charge in [-0.1, -0.05) is 36.4 Å². The summed E-state index contributed by atoms with van der Waals surface area (Å²) in [4.78, 5) is 24.1. The van der Waals surface area contributed by atoms with Crippen molar-refractivity contribution < 1.29 is 9.59 Å². The fourth-order valence-corrected chi connectivity index (χ4v) is 2.55. The van der Waals surface area contributed by atoms with Crippen molar-refractivity contribution >= 4 is 23.2 Å². The molecule has 0 saturated carbocycles. The van der Waals surface area contributed by atoms with Gasteiger partial charge in [0.05, 0.1) is 4.88 Å². The molecule has 1 aromatic carbocycles. The molecule has 1 unspecified atom stereocenters. The Balaban J connectivity index is 1.65. The smallest absolute Gasteiger partial charge is 0.261 e. The van der Waals surface area contributed by atoms with Crippen molar-refractivity contribution in [3.63, 3.8) is 0 Å². The van der Waals surface area contributed by atoms with Gasteiger partial charge < -0.3 is 16.4 Å². The summed E-state index contributed by atoms with van der Waals surface area (Å²) in [6.07, 6.45) is 0.235. The highest BCUT2D eigenvalue weighted by molar-refractivity contribution is 7.12. The number of thiophene rings is 1. The Hall–Kier alpha value is -2.18. The zero-order chi connectivity index (χ0) is 15.8. The number of carbonyl (C=O) groups is 2. The van der Waals surface area contributed by atoms with Crippen molar-refractivity contribution in [1.29, 1.82) is 0 Å². The summed E-state index contributed by atoms with van der Waals surface area (Å²) in [6.45, 7) is 0.685. The summed E-state index contributed by atoms with van der Waals surface area (Å²) >= 11 is 1.37. The van der Waals surface area contributed by atoms with Crippen LogP contribution < -0.4 is 16.4 Å². The first-order chi connectivity index (χ1) is 10.7. The minimum atomic E-state index is -0.231. The van der Waals surface area contributed by atoms with E-state index >= 15 is 0 Å². The highest BCUT2D eigenvalue weighted by Crippen LogP contribution is 2.08. The van der Waals surface area contributed by atoms with Crippen LogP contribution in [0.4, 0.5) is 0 Å². The molecule has 2 amide bonds. The molecule has 0 fully saturated rings. The Kier molecular flexibility index (Phi) is 6.12. The lowest BCUT2D eigenvalue weighted by Gasteiger charge is -2.13. The van der Waals surface area contributed by atoms with Gasteiger partial charge >= 0.3 is 0 Å². The Bertz CT molecular complexity index is 599. The van der Waals surface area contributed by atoms with E-state index in [1.807, 2.05) is 41.8 Å². The summed E-state index contributed by atoms with van der Waals surface area (Å²) in [6, 6.07) is 12.9. The van der Waals surface area contributed by atoms with Crippen molar-refractivity contribution in [3.05, 3.63) is 58.3 Å². The summed E-state index contributed by atoms with van der Waals surface area (Å²) in [5.41, 5.74) is 6.98. The molecule has 1 heterocycles. The van der Waals surface area contributed by atoms with Crippen LogP contribution in [0.3, 0.4) is 0 Å². The van der Waals surface area contributed by atoms with Gasteiger partial charge in [0, 0.05) is 25.6 Å². The molecule has 0 aliphatic carbocycles. The van der Waals surface area contributed by atoms with Crippen molar-refractivity contribution in [3.8, 4) is 0 Å². The molecule has 4 N–H and O–H groups in total. The molecule has 0 aliphatic rings. The van der Waals surface area contributed by atoms with E-state index < -0.39 is 0 Å². The fraction of sp³-hybridized carbons (Fsp3) is 0.250. The molecule has 116 valence electrons. The zero-order valence-corrected chi connectivity index (χ0v) is 12.9. The third-order valence-corrected chi connectivity index (χ3v) is 4.00. The van der Waals surface area contributed by atoms with Crippen molar-refractivity contribution in [2.75, 3.05) is 13.1 Å². The van der Waals surface area contributed by atoms with Crippen LogP contribution in [-0.4, -0.2) is 24.9 Å². The Labute approximate surface area is 133 Å². The number of rotatable bonds is 7. The first-order valence-electron chi connectivity index (χ1n) is 7.06. The predicted molar refractivity (Wildman–Crippen MR) is 87.6 cm³/mol. The molecule has 0 aliphatic heterocycles. The van der Waals surface area contributed by atoms with E-state index in [0.717, 1.165) is 5.56 Å². The number of amides is 2. The van der Waals surface area contributed by atoms with Gasteiger partial charge in [-0.2, -0.15) is 0 Å². The fourth-order valence-electron chi connectivity index (χ4n) is 1.91. The summed E-state index contributed by atoms with van der Waals surface area (Å²) in [7, 11) is 0. The van der Waals surface area contributed by atoms with Gasteiger partial charge in [-0.15, -0.1) is 11.3 Å². The SMILES string of the molecule is NC(CNC(=O)CCNC(=O)c1cccs1)c1ccccc1. The number of carbonyl (C=O) groups excluding carboxylic acids is 2. The van der Waals surface area contributed by atoms with Gasteiger partial charge in [0.2, 0.25) is 5.91 Å². The highest BCUT2D eigenvalue weighted by Gasteiger charge is 2.09. The van der Waals surface area contributed by atoms with Crippen LogP contribution in [0.5, 0.6) is 0 Å². The van der Waals surface area contributed by atoms with Crippen molar-refractivity contribution in [2.24, 2.45) is 5.73 Å². The van der Waals surface area contributed by atoms with Gasteiger partial charge in [0.25, 0.3) is 5.91 Å². The van der Waals surface area contributed by atoms with E-state index in [1.165, 1.54) is 11.3 Å². The molecular formula is C16H19N3O2S.